The molecule has 5 nitrogen and oxygen atoms in total. The van der Waals surface area contributed by atoms with Crippen molar-refractivity contribution >= 4 is 11.7 Å². The van der Waals surface area contributed by atoms with Crippen LogP contribution in [0.15, 0.2) is 24.5 Å². The number of nitrogens with zero attached hydrogens (tertiary/aromatic N) is 2. The Hall–Kier alpha value is -1.62. The number of pyridine rings is 1. The molecular formula is C7H7N3O2. The smallest absolute Gasteiger partial charge is 0.347 e. The zero-order chi connectivity index (χ0) is 8.39. The quantitative estimate of drug-likeness (QED) is 0.628. The zero-order valence-electron chi connectivity index (χ0n) is 6.23. The summed E-state index contributed by atoms with van der Waals surface area (Å²) in [5.74, 6) is -0.293. The van der Waals surface area contributed by atoms with E-state index in [1.165, 1.54) is 0 Å². The first-order chi connectivity index (χ1) is 5.86. The van der Waals surface area contributed by atoms with E-state index >= 15 is 0 Å². The molecule has 0 aromatic carbocycles. The molecule has 0 aliphatic carbocycles. The Bertz CT molecular complexity index is 288. The van der Waals surface area contributed by atoms with E-state index in [1.807, 2.05) is 6.07 Å². The molecule has 0 bridgehead atoms. The van der Waals surface area contributed by atoms with E-state index in [1.54, 1.807) is 23.5 Å². The summed E-state index contributed by atoms with van der Waals surface area (Å²) < 4.78 is 0. The van der Waals surface area contributed by atoms with Crippen LogP contribution in [0.5, 0.6) is 0 Å². The van der Waals surface area contributed by atoms with Gasteiger partial charge in [0.1, 0.15) is 6.54 Å². The summed E-state index contributed by atoms with van der Waals surface area (Å²) in [6.45, 7) is 0.214. The summed E-state index contributed by atoms with van der Waals surface area (Å²) in [7, 11) is 0. The molecule has 2 rings (SSSR count). The molecule has 2 heterocycles. The fourth-order valence-corrected chi connectivity index (χ4v) is 0.957. The Morgan fingerprint density at radius 3 is 3.17 bits per heavy atom. The molecule has 62 valence electrons. The summed E-state index contributed by atoms with van der Waals surface area (Å²) in [6.07, 6.45) is 3.32. The second-order valence-electron chi connectivity index (χ2n) is 2.36. The minimum absolute atomic E-state index is 0.214. The number of rotatable bonds is 1. The lowest BCUT2D eigenvalue weighted by molar-refractivity contribution is -0.141. The largest absolute Gasteiger partial charge is 0.349 e. The molecule has 0 radical (unpaired) electrons. The molecule has 1 aliphatic heterocycles. The highest BCUT2D eigenvalue weighted by Gasteiger charge is 2.20. The maximum absolute atomic E-state index is 10.7. The monoisotopic (exact) mass is 165 g/mol. The van der Waals surface area contributed by atoms with E-state index < -0.39 is 0 Å². The number of anilines is 1. The number of carbonyl (C=O) groups excluding carboxylic acids is 1. The molecular weight excluding hydrogens is 158 g/mol. The van der Waals surface area contributed by atoms with Crippen LogP contribution in [0, 0.1) is 0 Å². The van der Waals surface area contributed by atoms with E-state index in [4.69, 9.17) is 0 Å². The van der Waals surface area contributed by atoms with Crippen molar-refractivity contribution in [2.24, 2.45) is 0 Å². The first-order valence-corrected chi connectivity index (χ1v) is 3.49. The lowest BCUT2D eigenvalue weighted by atomic mass is 10.4. The van der Waals surface area contributed by atoms with Crippen LogP contribution in [0.25, 0.3) is 0 Å². The van der Waals surface area contributed by atoms with Gasteiger partial charge in [-0.2, -0.15) is 0 Å². The maximum atomic E-state index is 10.7. The maximum Gasteiger partial charge on any atom is 0.347 e. The number of carbonyl (C=O) groups is 1. The van der Waals surface area contributed by atoms with Gasteiger partial charge in [0.05, 0.1) is 11.9 Å². The molecule has 1 aliphatic rings. The Morgan fingerprint density at radius 1 is 1.67 bits per heavy atom. The first kappa shape index (κ1) is 7.05. The number of nitrogens with one attached hydrogen (secondary N) is 1. The molecule has 5 heteroatoms. The zero-order valence-corrected chi connectivity index (χ0v) is 6.23. The fraction of sp³-hybridized carbons (Fsp3) is 0.143. The van der Waals surface area contributed by atoms with Crippen molar-refractivity contribution in [2.75, 3.05) is 11.6 Å². The van der Waals surface area contributed by atoms with E-state index in [2.05, 4.69) is 15.4 Å². The molecule has 12 heavy (non-hydrogen) atoms. The Morgan fingerprint density at radius 2 is 2.58 bits per heavy atom. The highest BCUT2D eigenvalue weighted by Crippen LogP contribution is 2.11. The van der Waals surface area contributed by atoms with Crippen LogP contribution in [0.1, 0.15) is 0 Å². The minimum atomic E-state index is -0.293. The SMILES string of the molecule is O=C1CN(c2cccnc2)NO1. The van der Waals surface area contributed by atoms with Gasteiger partial charge in [-0.3, -0.25) is 9.99 Å². The standard InChI is InChI=1S/C7H7N3O2/c11-7-5-10(9-12-7)6-2-1-3-8-4-6/h1-4,9H,5H2. The molecule has 0 saturated carbocycles. The molecule has 0 amide bonds. The van der Waals surface area contributed by atoms with Crippen LogP contribution in [-0.2, 0) is 9.63 Å². The van der Waals surface area contributed by atoms with Gasteiger partial charge in [0, 0.05) is 6.20 Å². The highest BCUT2D eigenvalue weighted by atomic mass is 16.7. The Balaban J connectivity index is 2.16. The lowest BCUT2D eigenvalue weighted by Crippen LogP contribution is -2.29. The fourth-order valence-electron chi connectivity index (χ4n) is 0.957. The van der Waals surface area contributed by atoms with Gasteiger partial charge in [-0.1, -0.05) is 5.59 Å². The molecule has 1 aromatic heterocycles. The van der Waals surface area contributed by atoms with Crippen molar-refractivity contribution < 1.29 is 9.63 Å². The summed E-state index contributed by atoms with van der Waals surface area (Å²) in [4.78, 5) is 19.1. The van der Waals surface area contributed by atoms with E-state index in [9.17, 15) is 4.79 Å². The van der Waals surface area contributed by atoms with Crippen LogP contribution in [-0.4, -0.2) is 17.5 Å². The van der Waals surface area contributed by atoms with Gasteiger partial charge in [-0.25, -0.2) is 4.79 Å². The van der Waals surface area contributed by atoms with Gasteiger partial charge in [0.15, 0.2) is 0 Å². The average Bonchev–Trinajstić information content (AvgIpc) is 2.54. The molecule has 1 saturated heterocycles. The van der Waals surface area contributed by atoms with E-state index in [0.717, 1.165) is 5.69 Å². The summed E-state index contributed by atoms with van der Waals surface area (Å²) in [6, 6.07) is 3.63. The number of hydrogen-bond donors (Lipinski definition) is 1. The van der Waals surface area contributed by atoms with Crippen molar-refractivity contribution in [3.63, 3.8) is 0 Å². The summed E-state index contributed by atoms with van der Waals surface area (Å²) in [5.41, 5.74) is 3.28. The van der Waals surface area contributed by atoms with Crippen LogP contribution in [0.4, 0.5) is 5.69 Å². The predicted octanol–water partition coefficient (Wildman–Crippen LogP) is -0.136. The molecule has 0 spiro atoms. The molecule has 1 fully saturated rings. The molecule has 1 N–H and O–H groups in total. The van der Waals surface area contributed by atoms with Crippen molar-refractivity contribution in [1.29, 1.82) is 0 Å². The number of hydrazine groups is 1. The Labute approximate surface area is 68.9 Å². The molecule has 0 atom stereocenters. The third-order valence-electron chi connectivity index (χ3n) is 1.51. The second kappa shape index (κ2) is 2.78. The van der Waals surface area contributed by atoms with Gasteiger partial charge in [-0.05, 0) is 12.1 Å². The van der Waals surface area contributed by atoms with Gasteiger partial charge >= 0.3 is 5.97 Å². The normalized spacial score (nSPS) is 16.3. The van der Waals surface area contributed by atoms with Crippen molar-refractivity contribution in [1.82, 2.24) is 10.6 Å². The lowest BCUT2D eigenvalue weighted by Gasteiger charge is -2.11. The molecule has 1 aromatic rings. The number of aromatic nitrogens is 1. The van der Waals surface area contributed by atoms with Gasteiger partial charge in [-0.15, -0.1) is 0 Å². The summed E-state index contributed by atoms with van der Waals surface area (Å²) in [5, 5.41) is 1.58. The second-order valence-corrected chi connectivity index (χ2v) is 2.36. The van der Waals surface area contributed by atoms with Crippen LogP contribution < -0.4 is 10.6 Å². The van der Waals surface area contributed by atoms with E-state index in [-0.39, 0.29) is 12.5 Å². The van der Waals surface area contributed by atoms with Crippen molar-refractivity contribution in [2.45, 2.75) is 0 Å². The van der Waals surface area contributed by atoms with Gasteiger partial charge < -0.3 is 4.84 Å². The number of hydrogen-bond acceptors (Lipinski definition) is 5. The topological polar surface area (TPSA) is 54.5 Å². The predicted molar refractivity (Wildman–Crippen MR) is 40.8 cm³/mol. The minimum Gasteiger partial charge on any atom is -0.349 e. The highest BCUT2D eigenvalue weighted by molar-refractivity contribution is 5.77. The van der Waals surface area contributed by atoms with Crippen LogP contribution >= 0.6 is 0 Å². The third kappa shape index (κ3) is 1.22. The van der Waals surface area contributed by atoms with Crippen LogP contribution in [0.2, 0.25) is 0 Å². The van der Waals surface area contributed by atoms with Crippen LogP contribution in [0.3, 0.4) is 0 Å². The molecule has 0 unspecified atom stereocenters. The van der Waals surface area contributed by atoms with Gasteiger partial charge in [0.25, 0.3) is 0 Å². The van der Waals surface area contributed by atoms with Crippen molar-refractivity contribution in [3.05, 3.63) is 24.5 Å². The van der Waals surface area contributed by atoms with E-state index in [0.29, 0.717) is 0 Å². The average molecular weight is 165 g/mol. The van der Waals surface area contributed by atoms with Crippen molar-refractivity contribution in [3.8, 4) is 0 Å². The first-order valence-electron chi connectivity index (χ1n) is 3.49. The Kier molecular flexibility index (Phi) is 1.64. The summed E-state index contributed by atoms with van der Waals surface area (Å²) >= 11 is 0. The van der Waals surface area contributed by atoms with Gasteiger partial charge in [0.2, 0.25) is 0 Å². The third-order valence-corrected chi connectivity index (χ3v) is 1.51.